The van der Waals surface area contributed by atoms with E-state index in [1.807, 2.05) is 12.1 Å². The number of ether oxygens (including phenoxy) is 1. The van der Waals surface area contributed by atoms with Gasteiger partial charge >= 0.3 is 6.36 Å². The van der Waals surface area contributed by atoms with Crippen LogP contribution in [0.3, 0.4) is 0 Å². The molecule has 0 aliphatic heterocycles. The van der Waals surface area contributed by atoms with Gasteiger partial charge in [-0.25, -0.2) is 9.97 Å². The summed E-state index contributed by atoms with van der Waals surface area (Å²) in [6, 6.07) is 9.52. The van der Waals surface area contributed by atoms with E-state index in [0.29, 0.717) is 10.9 Å². The molecule has 3 rings (SSSR count). The standard InChI is InChI=1S/C18H16F3N3O/c1-11(2)17(15-7-8-22-10-23-15)16-5-3-12-9-13(25-18(19,20)21)4-6-14(12)24-16/h3-11,17H,1-2H3. The molecule has 1 atom stereocenters. The van der Waals surface area contributed by atoms with Crippen LogP contribution in [-0.2, 0) is 0 Å². The Morgan fingerprint density at radius 3 is 2.44 bits per heavy atom. The van der Waals surface area contributed by atoms with Gasteiger partial charge in [-0.1, -0.05) is 19.9 Å². The van der Waals surface area contributed by atoms with Crippen LogP contribution in [-0.4, -0.2) is 21.3 Å². The highest BCUT2D eigenvalue weighted by Gasteiger charge is 2.31. The van der Waals surface area contributed by atoms with Crippen LogP contribution in [0.5, 0.6) is 5.75 Å². The van der Waals surface area contributed by atoms with Gasteiger partial charge in [-0.2, -0.15) is 0 Å². The summed E-state index contributed by atoms with van der Waals surface area (Å²) < 4.78 is 41.0. The van der Waals surface area contributed by atoms with E-state index in [-0.39, 0.29) is 17.6 Å². The molecule has 1 aromatic carbocycles. The zero-order valence-electron chi connectivity index (χ0n) is 13.7. The highest BCUT2D eigenvalue weighted by atomic mass is 19.4. The van der Waals surface area contributed by atoms with Crippen molar-refractivity contribution in [1.29, 1.82) is 0 Å². The summed E-state index contributed by atoms with van der Waals surface area (Å²) in [5.41, 5.74) is 2.27. The molecule has 2 aromatic heterocycles. The molecular formula is C18H16F3N3O. The molecule has 0 amide bonds. The average Bonchev–Trinajstić information content (AvgIpc) is 2.54. The Kier molecular flexibility index (Phi) is 4.57. The maximum atomic E-state index is 12.3. The summed E-state index contributed by atoms with van der Waals surface area (Å²) in [4.78, 5) is 12.9. The normalized spacial score (nSPS) is 13.2. The average molecular weight is 347 g/mol. The molecule has 25 heavy (non-hydrogen) atoms. The first kappa shape index (κ1) is 17.1. The number of nitrogens with zero attached hydrogens (tertiary/aromatic N) is 3. The van der Waals surface area contributed by atoms with Crippen molar-refractivity contribution < 1.29 is 17.9 Å². The Balaban J connectivity index is 1.99. The predicted octanol–water partition coefficient (Wildman–Crippen LogP) is 4.71. The van der Waals surface area contributed by atoms with Gasteiger partial charge < -0.3 is 4.74 Å². The summed E-state index contributed by atoms with van der Waals surface area (Å²) in [5, 5.41) is 0.579. The van der Waals surface area contributed by atoms with Crippen LogP contribution in [0.1, 0.15) is 31.2 Å². The van der Waals surface area contributed by atoms with Crippen LogP contribution >= 0.6 is 0 Å². The third kappa shape index (κ3) is 4.04. The summed E-state index contributed by atoms with van der Waals surface area (Å²) in [6.45, 7) is 4.14. The van der Waals surface area contributed by atoms with Crippen LogP contribution in [0.25, 0.3) is 10.9 Å². The van der Waals surface area contributed by atoms with Gasteiger partial charge in [0, 0.05) is 17.5 Å². The molecule has 0 aliphatic rings. The molecule has 7 heteroatoms. The van der Waals surface area contributed by atoms with E-state index in [9.17, 15) is 13.2 Å². The lowest BCUT2D eigenvalue weighted by atomic mass is 9.88. The van der Waals surface area contributed by atoms with Crippen LogP contribution in [0.2, 0.25) is 0 Å². The van der Waals surface area contributed by atoms with Crippen molar-refractivity contribution in [1.82, 2.24) is 15.0 Å². The molecule has 0 saturated heterocycles. The molecule has 0 saturated carbocycles. The molecule has 2 heterocycles. The van der Waals surface area contributed by atoms with E-state index in [1.165, 1.54) is 24.5 Å². The lowest BCUT2D eigenvalue weighted by Crippen LogP contribution is -2.17. The Bertz CT molecular complexity index is 866. The molecule has 1 unspecified atom stereocenters. The minimum absolute atomic E-state index is 0.0292. The first-order valence-corrected chi connectivity index (χ1v) is 7.76. The molecule has 130 valence electrons. The molecule has 0 radical (unpaired) electrons. The fourth-order valence-electron chi connectivity index (χ4n) is 2.81. The Labute approximate surface area is 142 Å². The van der Waals surface area contributed by atoms with E-state index in [4.69, 9.17) is 0 Å². The first-order valence-electron chi connectivity index (χ1n) is 7.76. The number of aromatic nitrogens is 3. The Morgan fingerprint density at radius 1 is 1.00 bits per heavy atom. The molecular weight excluding hydrogens is 331 g/mol. The van der Waals surface area contributed by atoms with E-state index < -0.39 is 6.36 Å². The largest absolute Gasteiger partial charge is 0.573 e. The fraction of sp³-hybridized carbons (Fsp3) is 0.278. The molecule has 0 N–H and O–H groups in total. The second-order valence-corrected chi connectivity index (χ2v) is 5.99. The predicted molar refractivity (Wildman–Crippen MR) is 87.1 cm³/mol. The number of benzene rings is 1. The van der Waals surface area contributed by atoms with Crippen molar-refractivity contribution in [3.8, 4) is 5.75 Å². The summed E-state index contributed by atoms with van der Waals surface area (Å²) in [5.74, 6) is -0.0445. The van der Waals surface area contributed by atoms with Crippen molar-refractivity contribution in [2.75, 3.05) is 0 Å². The first-order chi connectivity index (χ1) is 11.8. The number of alkyl halides is 3. The van der Waals surface area contributed by atoms with Crippen LogP contribution in [0.15, 0.2) is 48.9 Å². The van der Waals surface area contributed by atoms with Gasteiger partial charge in [0.1, 0.15) is 12.1 Å². The molecule has 0 aliphatic carbocycles. The van der Waals surface area contributed by atoms with Crippen molar-refractivity contribution in [2.45, 2.75) is 26.1 Å². The van der Waals surface area contributed by atoms with Crippen LogP contribution < -0.4 is 4.74 Å². The van der Waals surface area contributed by atoms with E-state index >= 15 is 0 Å². The number of hydrogen-bond acceptors (Lipinski definition) is 4. The molecule has 4 nitrogen and oxygen atoms in total. The van der Waals surface area contributed by atoms with E-state index in [2.05, 4.69) is 33.5 Å². The van der Waals surface area contributed by atoms with Gasteiger partial charge in [0.2, 0.25) is 0 Å². The van der Waals surface area contributed by atoms with E-state index in [1.54, 1.807) is 12.3 Å². The lowest BCUT2D eigenvalue weighted by molar-refractivity contribution is -0.274. The van der Waals surface area contributed by atoms with Gasteiger partial charge in [-0.05, 0) is 36.2 Å². The van der Waals surface area contributed by atoms with Crippen molar-refractivity contribution in [2.24, 2.45) is 5.92 Å². The summed E-state index contributed by atoms with van der Waals surface area (Å²) >= 11 is 0. The molecule has 0 bridgehead atoms. The van der Waals surface area contributed by atoms with Gasteiger partial charge in [-0.3, -0.25) is 4.98 Å². The minimum Gasteiger partial charge on any atom is -0.406 e. The third-order valence-electron chi connectivity index (χ3n) is 3.82. The topological polar surface area (TPSA) is 47.9 Å². The van der Waals surface area contributed by atoms with Crippen molar-refractivity contribution in [3.63, 3.8) is 0 Å². The van der Waals surface area contributed by atoms with Gasteiger partial charge in [-0.15, -0.1) is 13.2 Å². The zero-order chi connectivity index (χ0) is 18.0. The molecule has 3 aromatic rings. The minimum atomic E-state index is -4.71. The second-order valence-electron chi connectivity index (χ2n) is 5.99. The van der Waals surface area contributed by atoms with Crippen LogP contribution in [0.4, 0.5) is 13.2 Å². The van der Waals surface area contributed by atoms with E-state index in [0.717, 1.165) is 11.4 Å². The zero-order valence-corrected chi connectivity index (χ0v) is 13.7. The number of pyridine rings is 1. The van der Waals surface area contributed by atoms with Crippen LogP contribution in [0, 0.1) is 5.92 Å². The Hall–Kier alpha value is -2.70. The van der Waals surface area contributed by atoms with Gasteiger partial charge in [0.25, 0.3) is 0 Å². The smallest absolute Gasteiger partial charge is 0.406 e. The van der Waals surface area contributed by atoms with Crippen molar-refractivity contribution in [3.05, 3.63) is 60.3 Å². The monoisotopic (exact) mass is 347 g/mol. The second kappa shape index (κ2) is 6.66. The number of fused-ring (bicyclic) bond motifs is 1. The SMILES string of the molecule is CC(C)C(c1ccncn1)c1ccc2cc(OC(F)(F)F)ccc2n1. The molecule has 0 spiro atoms. The fourth-order valence-corrected chi connectivity index (χ4v) is 2.81. The number of rotatable bonds is 4. The van der Waals surface area contributed by atoms with Gasteiger partial charge in [0.15, 0.2) is 0 Å². The lowest BCUT2D eigenvalue weighted by Gasteiger charge is -2.20. The highest BCUT2D eigenvalue weighted by Crippen LogP contribution is 2.31. The Morgan fingerprint density at radius 2 is 1.80 bits per heavy atom. The number of halogens is 3. The molecule has 0 fully saturated rings. The van der Waals surface area contributed by atoms with Crippen molar-refractivity contribution >= 4 is 10.9 Å². The highest BCUT2D eigenvalue weighted by molar-refractivity contribution is 5.80. The summed E-state index contributed by atoms with van der Waals surface area (Å²) in [6.07, 6.45) is -1.54. The maximum Gasteiger partial charge on any atom is 0.573 e. The van der Waals surface area contributed by atoms with Gasteiger partial charge in [0.05, 0.1) is 16.9 Å². The quantitative estimate of drug-likeness (QED) is 0.686. The maximum absolute atomic E-state index is 12.3. The summed E-state index contributed by atoms with van der Waals surface area (Å²) in [7, 11) is 0. The third-order valence-corrected chi connectivity index (χ3v) is 3.82. The number of hydrogen-bond donors (Lipinski definition) is 0.